The van der Waals surface area contributed by atoms with Gasteiger partial charge in [-0.3, -0.25) is 4.98 Å². The molecule has 0 saturated heterocycles. The molecule has 1 aromatic heterocycles. The summed E-state index contributed by atoms with van der Waals surface area (Å²) in [7, 11) is 2.12. The highest BCUT2D eigenvalue weighted by atomic mass is 79.9. The first kappa shape index (κ1) is 10.7. The SMILES string of the molecule is CC(Br)CN(C)Cc1ccncc1. The van der Waals surface area contributed by atoms with Gasteiger partial charge in [0.1, 0.15) is 0 Å². The Bertz CT molecular complexity index is 236. The molecule has 0 aliphatic heterocycles. The van der Waals surface area contributed by atoms with Crippen LogP contribution in [0.3, 0.4) is 0 Å². The van der Waals surface area contributed by atoms with Crippen molar-refractivity contribution in [1.82, 2.24) is 9.88 Å². The maximum atomic E-state index is 3.99. The molecule has 13 heavy (non-hydrogen) atoms. The number of pyridine rings is 1. The molecule has 0 saturated carbocycles. The van der Waals surface area contributed by atoms with E-state index in [9.17, 15) is 0 Å². The Morgan fingerprint density at radius 1 is 1.46 bits per heavy atom. The number of rotatable bonds is 4. The number of alkyl halides is 1. The highest BCUT2D eigenvalue weighted by Gasteiger charge is 2.02. The lowest BCUT2D eigenvalue weighted by atomic mass is 10.2. The van der Waals surface area contributed by atoms with E-state index in [-0.39, 0.29) is 0 Å². The fourth-order valence-corrected chi connectivity index (χ4v) is 1.79. The van der Waals surface area contributed by atoms with Crippen LogP contribution >= 0.6 is 15.9 Å². The normalized spacial score (nSPS) is 13.2. The third kappa shape index (κ3) is 4.39. The van der Waals surface area contributed by atoms with Gasteiger partial charge in [-0.2, -0.15) is 0 Å². The highest BCUT2D eigenvalue weighted by Crippen LogP contribution is 2.04. The molecule has 0 amide bonds. The van der Waals surface area contributed by atoms with Gasteiger partial charge in [-0.25, -0.2) is 0 Å². The summed E-state index contributed by atoms with van der Waals surface area (Å²) in [6.45, 7) is 4.20. The zero-order valence-electron chi connectivity index (χ0n) is 8.07. The minimum absolute atomic E-state index is 0.541. The van der Waals surface area contributed by atoms with Crippen molar-refractivity contribution in [3.8, 4) is 0 Å². The lowest BCUT2D eigenvalue weighted by Gasteiger charge is -2.17. The van der Waals surface area contributed by atoms with Crippen LogP contribution < -0.4 is 0 Å². The summed E-state index contributed by atoms with van der Waals surface area (Å²) in [4.78, 5) is 6.81. The number of hydrogen-bond donors (Lipinski definition) is 0. The fraction of sp³-hybridized carbons (Fsp3) is 0.500. The van der Waals surface area contributed by atoms with Crippen LogP contribution in [0.1, 0.15) is 12.5 Å². The van der Waals surface area contributed by atoms with E-state index < -0.39 is 0 Å². The van der Waals surface area contributed by atoms with Gasteiger partial charge in [0.15, 0.2) is 0 Å². The van der Waals surface area contributed by atoms with Crippen molar-refractivity contribution in [2.24, 2.45) is 0 Å². The molecule has 0 aliphatic rings. The molecule has 3 heteroatoms. The lowest BCUT2D eigenvalue weighted by Crippen LogP contribution is -2.23. The highest BCUT2D eigenvalue weighted by molar-refractivity contribution is 9.09. The van der Waals surface area contributed by atoms with Crippen molar-refractivity contribution in [2.45, 2.75) is 18.3 Å². The van der Waals surface area contributed by atoms with Gasteiger partial charge in [0, 0.05) is 30.3 Å². The fourth-order valence-electron chi connectivity index (χ4n) is 1.29. The van der Waals surface area contributed by atoms with E-state index >= 15 is 0 Å². The summed E-state index contributed by atoms with van der Waals surface area (Å²) in [5.74, 6) is 0. The second-order valence-corrected chi connectivity index (χ2v) is 4.90. The first-order valence-corrected chi connectivity index (χ1v) is 5.31. The molecule has 0 spiro atoms. The average molecular weight is 243 g/mol. The molecule has 1 unspecified atom stereocenters. The van der Waals surface area contributed by atoms with Crippen molar-refractivity contribution in [1.29, 1.82) is 0 Å². The third-order valence-corrected chi connectivity index (χ3v) is 2.05. The molecule has 1 heterocycles. The van der Waals surface area contributed by atoms with Crippen LogP contribution in [0, 0.1) is 0 Å². The smallest absolute Gasteiger partial charge is 0.0271 e. The van der Waals surface area contributed by atoms with Crippen LogP contribution in [0.25, 0.3) is 0 Å². The maximum absolute atomic E-state index is 3.99. The van der Waals surface area contributed by atoms with Crippen LogP contribution in [-0.4, -0.2) is 28.3 Å². The van der Waals surface area contributed by atoms with Crippen molar-refractivity contribution < 1.29 is 0 Å². The van der Waals surface area contributed by atoms with Crippen molar-refractivity contribution >= 4 is 15.9 Å². The molecule has 0 fully saturated rings. The summed E-state index contributed by atoms with van der Waals surface area (Å²) in [6.07, 6.45) is 3.67. The molecular weight excluding hydrogens is 228 g/mol. The Morgan fingerprint density at radius 2 is 2.08 bits per heavy atom. The van der Waals surface area contributed by atoms with Crippen LogP contribution in [0.4, 0.5) is 0 Å². The summed E-state index contributed by atoms with van der Waals surface area (Å²) >= 11 is 3.53. The van der Waals surface area contributed by atoms with Gasteiger partial charge < -0.3 is 4.90 Å². The summed E-state index contributed by atoms with van der Waals surface area (Å²) in [5.41, 5.74) is 1.31. The Labute approximate surface area is 88.1 Å². The average Bonchev–Trinajstić information content (AvgIpc) is 2.04. The van der Waals surface area contributed by atoms with Crippen molar-refractivity contribution in [3.63, 3.8) is 0 Å². The zero-order chi connectivity index (χ0) is 9.68. The minimum Gasteiger partial charge on any atom is -0.301 e. The van der Waals surface area contributed by atoms with Gasteiger partial charge in [0.2, 0.25) is 0 Å². The van der Waals surface area contributed by atoms with Gasteiger partial charge in [0.05, 0.1) is 0 Å². The second-order valence-electron chi connectivity index (χ2n) is 3.33. The molecule has 2 nitrogen and oxygen atoms in total. The molecular formula is C10H15BrN2. The number of hydrogen-bond acceptors (Lipinski definition) is 2. The van der Waals surface area contributed by atoms with Crippen LogP contribution in [-0.2, 0) is 6.54 Å². The van der Waals surface area contributed by atoms with Gasteiger partial charge in [-0.1, -0.05) is 22.9 Å². The summed E-state index contributed by atoms with van der Waals surface area (Å²) in [6, 6.07) is 4.10. The van der Waals surface area contributed by atoms with E-state index in [1.807, 2.05) is 12.4 Å². The Hall–Kier alpha value is -0.410. The van der Waals surface area contributed by atoms with Gasteiger partial charge in [-0.05, 0) is 24.7 Å². The number of nitrogens with zero attached hydrogens (tertiary/aromatic N) is 2. The first-order chi connectivity index (χ1) is 6.18. The standard InChI is InChI=1S/C10H15BrN2/c1-9(11)7-13(2)8-10-3-5-12-6-4-10/h3-6,9H,7-8H2,1-2H3. The number of halogens is 1. The Balaban J connectivity index is 2.41. The molecule has 1 aromatic rings. The van der Waals surface area contributed by atoms with Crippen LogP contribution in [0.15, 0.2) is 24.5 Å². The molecule has 0 aromatic carbocycles. The quantitative estimate of drug-likeness (QED) is 0.754. The van der Waals surface area contributed by atoms with Crippen molar-refractivity contribution in [3.05, 3.63) is 30.1 Å². The molecule has 72 valence electrons. The summed E-state index contributed by atoms with van der Waals surface area (Å²) < 4.78 is 0. The predicted octanol–water partition coefficient (Wildman–Crippen LogP) is 2.30. The lowest BCUT2D eigenvalue weighted by molar-refractivity contribution is 0.333. The maximum Gasteiger partial charge on any atom is 0.0271 e. The Morgan fingerprint density at radius 3 is 2.62 bits per heavy atom. The predicted molar refractivity (Wildman–Crippen MR) is 59.0 cm³/mol. The van der Waals surface area contributed by atoms with E-state index in [4.69, 9.17) is 0 Å². The van der Waals surface area contributed by atoms with Gasteiger partial charge in [-0.15, -0.1) is 0 Å². The molecule has 1 rings (SSSR count). The monoisotopic (exact) mass is 242 g/mol. The Kier molecular flexibility index (Phi) is 4.39. The first-order valence-electron chi connectivity index (χ1n) is 4.40. The molecule has 0 radical (unpaired) electrons. The van der Waals surface area contributed by atoms with Gasteiger partial charge >= 0.3 is 0 Å². The second kappa shape index (κ2) is 5.35. The third-order valence-electron chi connectivity index (χ3n) is 1.77. The van der Waals surface area contributed by atoms with E-state index in [1.165, 1.54) is 5.56 Å². The topological polar surface area (TPSA) is 16.1 Å². The van der Waals surface area contributed by atoms with E-state index in [0.717, 1.165) is 13.1 Å². The van der Waals surface area contributed by atoms with Crippen molar-refractivity contribution in [2.75, 3.05) is 13.6 Å². The van der Waals surface area contributed by atoms with Gasteiger partial charge in [0.25, 0.3) is 0 Å². The summed E-state index contributed by atoms with van der Waals surface area (Å²) in [5, 5.41) is 0. The van der Waals surface area contributed by atoms with Crippen LogP contribution in [0.5, 0.6) is 0 Å². The van der Waals surface area contributed by atoms with Crippen LogP contribution in [0.2, 0.25) is 0 Å². The largest absolute Gasteiger partial charge is 0.301 e. The molecule has 0 aliphatic carbocycles. The number of aromatic nitrogens is 1. The van der Waals surface area contributed by atoms with E-state index in [0.29, 0.717) is 4.83 Å². The van der Waals surface area contributed by atoms with E-state index in [1.54, 1.807) is 0 Å². The molecule has 1 atom stereocenters. The van der Waals surface area contributed by atoms with E-state index in [2.05, 4.69) is 51.9 Å². The molecule has 0 bridgehead atoms. The zero-order valence-corrected chi connectivity index (χ0v) is 9.66. The minimum atomic E-state index is 0.541. The molecule has 0 N–H and O–H groups in total.